The van der Waals surface area contributed by atoms with E-state index in [2.05, 4.69) is 9.97 Å². The standard InChI is InChI=1S/C19H21F3N2O5S/c1-30(25,26)18-23-11-14(19(20,21)22)17(24-18)28-12-15(13-7-3-2-4-8-13)29-16-9-5-6-10-27-16/h2-4,7-8,11,15-16H,5-6,9-10,12H2,1H3. The normalized spacial score (nSPS) is 18.7. The van der Waals surface area contributed by atoms with E-state index < -0.39 is 45.0 Å². The minimum Gasteiger partial charge on any atom is -0.474 e. The fourth-order valence-electron chi connectivity index (χ4n) is 2.87. The van der Waals surface area contributed by atoms with Crippen LogP contribution in [0, 0.1) is 0 Å². The van der Waals surface area contributed by atoms with Gasteiger partial charge in [0.25, 0.3) is 0 Å². The Morgan fingerprint density at radius 1 is 1.23 bits per heavy atom. The fourth-order valence-corrected chi connectivity index (χ4v) is 3.37. The van der Waals surface area contributed by atoms with Crippen LogP contribution in [0.15, 0.2) is 41.7 Å². The van der Waals surface area contributed by atoms with Gasteiger partial charge in [0.2, 0.25) is 20.9 Å². The van der Waals surface area contributed by atoms with Crippen molar-refractivity contribution in [3.05, 3.63) is 47.7 Å². The molecule has 0 spiro atoms. The molecule has 1 fully saturated rings. The third-order valence-electron chi connectivity index (χ3n) is 4.37. The first-order valence-electron chi connectivity index (χ1n) is 9.23. The van der Waals surface area contributed by atoms with Gasteiger partial charge >= 0.3 is 6.18 Å². The summed E-state index contributed by atoms with van der Waals surface area (Å²) >= 11 is 0. The number of halogens is 3. The zero-order chi connectivity index (χ0) is 21.8. The third-order valence-corrected chi connectivity index (χ3v) is 5.23. The van der Waals surface area contributed by atoms with E-state index in [0.717, 1.165) is 19.1 Å². The minimum absolute atomic E-state index is 0.326. The monoisotopic (exact) mass is 446 g/mol. The molecule has 1 aliphatic heterocycles. The number of benzene rings is 1. The molecule has 2 heterocycles. The Kier molecular flexibility index (Phi) is 6.94. The van der Waals surface area contributed by atoms with Gasteiger partial charge < -0.3 is 14.2 Å². The van der Waals surface area contributed by atoms with Crippen LogP contribution in [0.2, 0.25) is 0 Å². The molecular weight excluding hydrogens is 425 g/mol. The summed E-state index contributed by atoms with van der Waals surface area (Å²) < 4.78 is 80.2. The van der Waals surface area contributed by atoms with Crippen molar-refractivity contribution in [3.8, 4) is 5.88 Å². The van der Waals surface area contributed by atoms with Crippen molar-refractivity contribution in [1.29, 1.82) is 0 Å². The Labute approximate surface area is 172 Å². The molecule has 7 nitrogen and oxygen atoms in total. The molecule has 2 atom stereocenters. The molecule has 0 amide bonds. The average molecular weight is 446 g/mol. The lowest BCUT2D eigenvalue weighted by molar-refractivity contribution is -0.195. The molecule has 1 aromatic carbocycles. The first-order chi connectivity index (χ1) is 14.1. The second-order valence-corrected chi connectivity index (χ2v) is 8.69. The van der Waals surface area contributed by atoms with Crippen molar-refractivity contribution in [2.45, 2.75) is 43.0 Å². The van der Waals surface area contributed by atoms with Crippen LogP contribution < -0.4 is 4.74 Å². The van der Waals surface area contributed by atoms with E-state index in [0.29, 0.717) is 24.8 Å². The Morgan fingerprint density at radius 3 is 2.57 bits per heavy atom. The van der Waals surface area contributed by atoms with E-state index >= 15 is 0 Å². The number of ether oxygens (including phenoxy) is 3. The smallest absolute Gasteiger partial charge is 0.423 e. The molecule has 0 bridgehead atoms. The Bertz CT molecular complexity index is 948. The molecule has 1 saturated heterocycles. The Morgan fingerprint density at radius 2 is 1.97 bits per heavy atom. The van der Waals surface area contributed by atoms with Crippen LogP contribution >= 0.6 is 0 Å². The highest BCUT2D eigenvalue weighted by Crippen LogP contribution is 2.35. The number of aromatic nitrogens is 2. The maximum absolute atomic E-state index is 13.3. The van der Waals surface area contributed by atoms with Gasteiger partial charge in [-0.25, -0.2) is 13.4 Å². The van der Waals surface area contributed by atoms with Crippen molar-refractivity contribution >= 4 is 9.84 Å². The molecule has 164 valence electrons. The van der Waals surface area contributed by atoms with Crippen LogP contribution in [-0.2, 0) is 25.5 Å². The summed E-state index contributed by atoms with van der Waals surface area (Å²) in [5.41, 5.74) is -0.590. The van der Waals surface area contributed by atoms with Crippen LogP contribution in [0.4, 0.5) is 13.2 Å². The van der Waals surface area contributed by atoms with Crippen molar-refractivity contribution in [2.24, 2.45) is 0 Å². The number of alkyl halides is 3. The number of nitrogens with zero attached hydrogens (tertiary/aromatic N) is 2. The number of sulfone groups is 1. The van der Waals surface area contributed by atoms with Crippen LogP contribution in [0.5, 0.6) is 5.88 Å². The lowest BCUT2D eigenvalue weighted by atomic mass is 10.1. The Balaban J connectivity index is 1.86. The fraction of sp³-hybridized carbons (Fsp3) is 0.474. The zero-order valence-electron chi connectivity index (χ0n) is 16.1. The minimum atomic E-state index is -4.82. The first-order valence-corrected chi connectivity index (χ1v) is 11.1. The van der Waals surface area contributed by atoms with E-state index in [1.54, 1.807) is 30.3 Å². The van der Waals surface area contributed by atoms with Gasteiger partial charge in [-0.05, 0) is 24.8 Å². The highest BCUT2D eigenvalue weighted by atomic mass is 32.2. The van der Waals surface area contributed by atoms with Crippen LogP contribution in [0.1, 0.15) is 36.5 Å². The molecule has 2 unspecified atom stereocenters. The molecule has 11 heteroatoms. The van der Waals surface area contributed by atoms with E-state index in [-0.39, 0.29) is 6.61 Å². The van der Waals surface area contributed by atoms with Crippen LogP contribution in [0.25, 0.3) is 0 Å². The van der Waals surface area contributed by atoms with Crippen LogP contribution in [0.3, 0.4) is 0 Å². The highest BCUT2D eigenvalue weighted by molar-refractivity contribution is 7.90. The predicted octanol–water partition coefficient (Wildman–Crippen LogP) is 3.56. The van der Waals surface area contributed by atoms with Crippen molar-refractivity contribution in [2.75, 3.05) is 19.5 Å². The largest absolute Gasteiger partial charge is 0.474 e. The molecule has 0 radical (unpaired) electrons. The van der Waals surface area contributed by atoms with E-state index in [1.807, 2.05) is 0 Å². The summed E-state index contributed by atoms with van der Waals surface area (Å²) in [6.07, 6.45) is -2.38. The summed E-state index contributed by atoms with van der Waals surface area (Å²) in [7, 11) is -3.92. The molecule has 0 saturated carbocycles. The maximum atomic E-state index is 13.3. The molecule has 0 N–H and O–H groups in total. The molecule has 1 aliphatic rings. The summed E-state index contributed by atoms with van der Waals surface area (Å²) in [6, 6.07) is 8.83. The lowest BCUT2D eigenvalue weighted by Crippen LogP contribution is -2.27. The molecule has 30 heavy (non-hydrogen) atoms. The molecule has 3 rings (SSSR count). The van der Waals surface area contributed by atoms with Gasteiger partial charge in [-0.2, -0.15) is 18.2 Å². The second kappa shape index (κ2) is 9.27. The van der Waals surface area contributed by atoms with E-state index in [9.17, 15) is 21.6 Å². The SMILES string of the molecule is CS(=O)(=O)c1ncc(C(F)(F)F)c(OCC(OC2CCCCO2)c2ccccc2)n1. The van der Waals surface area contributed by atoms with E-state index in [1.165, 1.54) is 0 Å². The third kappa shape index (κ3) is 5.89. The van der Waals surface area contributed by atoms with Crippen LogP contribution in [-0.4, -0.2) is 44.1 Å². The summed E-state index contributed by atoms with van der Waals surface area (Å²) in [5, 5.41) is -0.752. The van der Waals surface area contributed by atoms with Gasteiger partial charge in [0.05, 0.1) is 0 Å². The Hall–Kier alpha value is -2.24. The van der Waals surface area contributed by atoms with E-state index in [4.69, 9.17) is 14.2 Å². The summed E-state index contributed by atoms with van der Waals surface area (Å²) in [6.45, 7) is 0.210. The number of hydrogen-bond acceptors (Lipinski definition) is 7. The van der Waals surface area contributed by atoms with Gasteiger partial charge in [-0.1, -0.05) is 30.3 Å². The van der Waals surface area contributed by atoms with Crippen molar-refractivity contribution in [3.63, 3.8) is 0 Å². The summed E-state index contributed by atoms with van der Waals surface area (Å²) in [5.74, 6) is -0.869. The van der Waals surface area contributed by atoms with Gasteiger partial charge in [0, 0.05) is 19.1 Å². The maximum Gasteiger partial charge on any atom is 0.423 e. The zero-order valence-corrected chi connectivity index (χ0v) is 16.9. The quantitative estimate of drug-likeness (QED) is 0.601. The van der Waals surface area contributed by atoms with Gasteiger partial charge in [0.15, 0.2) is 6.29 Å². The molecule has 1 aromatic heterocycles. The average Bonchev–Trinajstić information content (AvgIpc) is 2.71. The topological polar surface area (TPSA) is 87.6 Å². The molecule has 0 aliphatic carbocycles. The second-order valence-electron chi connectivity index (χ2n) is 6.78. The number of rotatable bonds is 7. The van der Waals surface area contributed by atoms with Crippen molar-refractivity contribution in [1.82, 2.24) is 9.97 Å². The van der Waals surface area contributed by atoms with Gasteiger partial charge in [-0.15, -0.1) is 0 Å². The summed E-state index contributed by atoms with van der Waals surface area (Å²) in [4.78, 5) is 6.80. The van der Waals surface area contributed by atoms with Gasteiger partial charge in [-0.3, -0.25) is 0 Å². The first kappa shape index (κ1) is 22.4. The van der Waals surface area contributed by atoms with Crippen molar-refractivity contribution < 1.29 is 35.8 Å². The number of hydrogen-bond donors (Lipinski definition) is 0. The van der Waals surface area contributed by atoms with Gasteiger partial charge in [0.1, 0.15) is 18.3 Å². The predicted molar refractivity (Wildman–Crippen MR) is 99.5 cm³/mol. The molecular formula is C19H21F3N2O5S. The molecule has 2 aromatic rings. The highest BCUT2D eigenvalue weighted by Gasteiger charge is 2.37. The lowest BCUT2D eigenvalue weighted by Gasteiger charge is -2.28.